The molecule has 1 aliphatic rings. The lowest BCUT2D eigenvalue weighted by Crippen LogP contribution is -2.40. The maximum absolute atomic E-state index is 12.0. The molecular weight excluding hydrogens is 262 g/mol. The summed E-state index contributed by atoms with van der Waals surface area (Å²) in [6.07, 6.45) is 4.31. The van der Waals surface area contributed by atoms with E-state index in [0.29, 0.717) is 13.1 Å². The summed E-state index contributed by atoms with van der Waals surface area (Å²) in [5.74, 6) is 0. The Bertz CT molecular complexity index is 485. The van der Waals surface area contributed by atoms with Gasteiger partial charge in [-0.15, -0.1) is 0 Å². The van der Waals surface area contributed by atoms with Crippen LogP contribution in [0.5, 0.6) is 0 Å². The van der Waals surface area contributed by atoms with Crippen molar-refractivity contribution in [3.8, 4) is 0 Å². The molecule has 0 atom stereocenters. The Labute approximate surface area is 117 Å². The van der Waals surface area contributed by atoms with E-state index in [2.05, 4.69) is 9.97 Å². The first-order chi connectivity index (χ1) is 8.89. The molecule has 2 rings (SSSR count). The van der Waals surface area contributed by atoms with Crippen molar-refractivity contribution in [3.05, 3.63) is 17.5 Å². The van der Waals surface area contributed by atoms with Gasteiger partial charge < -0.3 is 9.64 Å². The van der Waals surface area contributed by atoms with Gasteiger partial charge in [0.05, 0.1) is 12.2 Å². The van der Waals surface area contributed by atoms with Gasteiger partial charge in [0.2, 0.25) is 0 Å². The zero-order chi connectivity index (χ0) is 14.0. The molecule has 0 aliphatic carbocycles. The van der Waals surface area contributed by atoms with Crippen molar-refractivity contribution in [1.29, 1.82) is 0 Å². The van der Waals surface area contributed by atoms with Crippen molar-refractivity contribution in [2.24, 2.45) is 0 Å². The number of rotatable bonds is 1. The summed E-state index contributed by atoms with van der Waals surface area (Å²) >= 11 is 1.50. The van der Waals surface area contributed by atoms with Crippen LogP contribution in [0, 0.1) is 0 Å². The molecule has 1 aliphatic heterocycles. The zero-order valence-electron chi connectivity index (χ0n) is 11.8. The topological polar surface area (TPSA) is 55.3 Å². The second kappa shape index (κ2) is 5.36. The molecule has 0 aromatic carbocycles. The Morgan fingerprint density at radius 3 is 2.84 bits per heavy atom. The minimum absolute atomic E-state index is 0.275. The van der Waals surface area contributed by atoms with E-state index >= 15 is 0 Å². The maximum Gasteiger partial charge on any atom is 0.410 e. The standard InChI is InChI=1S/C13H19N3O2S/c1-13(2,3)18-12(17)16-6-5-9-7-14-11(19-4)15-10(9)8-16/h7H,5-6,8H2,1-4H3. The van der Waals surface area contributed by atoms with Gasteiger partial charge in [-0.2, -0.15) is 0 Å². The molecule has 0 fully saturated rings. The van der Waals surface area contributed by atoms with Gasteiger partial charge in [0.15, 0.2) is 5.16 Å². The van der Waals surface area contributed by atoms with Crippen molar-refractivity contribution in [2.75, 3.05) is 12.8 Å². The molecule has 2 heterocycles. The number of hydrogen-bond acceptors (Lipinski definition) is 5. The van der Waals surface area contributed by atoms with Crippen molar-refractivity contribution in [2.45, 2.75) is 44.5 Å². The minimum atomic E-state index is -0.465. The molecule has 0 saturated carbocycles. The maximum atomic E-state index is 12.0. The SMILES string of the molecule is CSc1ncc2c(n1)CN(C(=O)OC(C)(C)C)CC2. The summed E-state index contributed by atoms with van der Waals surface area (Å²) in [6, 6.07) is 0. The average molecular weight is 281 g/mol. The summed E-state index contributed by atoms with van der Waals surface area (Å²) < 4.78 is 5.39. The molecule has 1 aromatic rings. The fraction of sp³-hybridized carbons (Fsp3) is 0.615. The van der Waals surface area contributed by atoms with Gasteiger partial charge in [0.1, 0.15) is 5.60 Å². The first-order valence-corrected chi connectivity index (χ1v) is 7.48. The normalized spacial score (nSPS) is 15.1. The molecule has 0 bridgehead atoms. The van der Waals surface area contributed by atoms with Gasteiger partial charge in [0.25, 0.3) is 0 Å². The van der Waals surface area contributed by atoms with Gasteiger partial charge in [0, 0.05) is 12.7 Å². The first-order valence-electron chi connectivity index (χ1n) is 6.26. The molecule has 19 heavy (non-hydrogen) atoms. The minimum Gasteiger partial charge on any atom is -0.444 e. The van der Waals surface area contributed by atoms with Crippen LogP contribution in [-0.2, 0) is 17.7 Å². The summed E-state index contributed by atoms with van der Waals surface area (Å²) in [5.41, 5.74) is 1.59. The molecule has 0 unspecified atom stereocenters. The van der Waals surface area contributed by atoms with Crippen LogP contribution in [0.25, 0.3) is 0 Å². The van der Waals surface area contributed by atoms with E-state index in [1.54, 1.807) is 4.90 Å². The van der Waals surface area contributed by atoms with Crippen molar-refractivity contribution < 1.29 is 9.53 Å². The van der Waals surface area contributed by atoms with E-state index in [-0.39, 0.29) is 6.09 Å². The van der Waals surface area contributed by atoms with E-state index < -0.39 is 5.60 Å². The fourth-order valence-corrected chi connectivity index (χ4v) is 2.23. The van der Waals surface area contributed by atoms with Gasteiger partial charge in [-0.25, -0.2) is 14.8 Å². The second-order valence-corrected chi connectivity index (χ2v) is 6.25. The van der Waals surface area contributed by atoms with E-state index in [0.717, 1.165) is 22.8 Å². The van der Waals surface area contributed by atoms with Crippen molar-refractivity contribution in [3.63, 3.8) is 0 Å². The highest BCUT2D eigenvalue weighted by Gasteiger charge is 2.26. The molecule has 1 aromatic heterocycles. The summed E-state index contributed by atoms with van der Waals surface area (Å²) in [6.45, 7) is 6.77. The molecule has 5 nitrogen and oxygen atoms in total. The molecule has 0 spiro atoms. The molecule has 104 valence electrons. The predicted octanol–water partition coefficient (Wildman–Crippen LogP) is 2.49. The molecular formula is C13H19N3O2S. The van der Waals surface area contributed by atoms with Crippen LogP contribution in [0.3, 0.4) is 0 Å². The lowest BCUT2D eigenvalue weighted by Gasteiger charge is -2.30. The molecule has 0 radical (unpaired) electrons. The van der Waals surface area contributed by atoms with E-state index in [1.165, 1.54) is 11.8 Å². The highest BCUT2D eigenvalue weighted by Crippen LogP contribution is 2.20. The van der Waals surface area contributed by atoms with Gasteiger partial charge >= 0.3 is 6.09 Å². The van der Waals surface area contributed by atoms with E-state index in [9.17, 15) is 4.79 Å². The Hall–Kier alpha value is -1.30. The molecule has 1 amide bonds. The van der Waals surface area contributed by atoms with Crippen LogP contribution in [0.2, 0.25) is 0 Å². The Kier molecular flexibility index (Phi) is 3.99. The van der Waals surface area contributed by atoms with Crippen LogP contribution in [-0.4, -0.2) is 39.4 Å². The smallest absolute Gasteiger partial charge is 0.410 e. The lowest BCUT2D eigenvalue weighted by molar-refractivity contribution is 0.0220. The number of carbonyl (C=O) groups excluding carboxylic acids is 1. The van der Waals surface area contributed by atoms with Gasteiger partial charge in [-0.3, -0.25) is 0 Å². The van der Waals surface area contributed by atoms with Crippen LogP contribution >= 0.6 is 11.8 Å². The monoisotopic (exact) mass is 281 g/mol. The highest BCUT2D eigenvalue weighted by atomic mass is 32.2. The number of hydrogen-bond donors (Lipinski definition) is 0. The second-order valence-electron chi connectivity index (χ2n) is 5.48. The quantitative estimate of drug-likeness (QED) is 0.585. The fourth-order valence-electron chi connectivity index (χ4n) is 1.87. The third-order valence-corrected chi connectivity index (χ3v) is 3.32. The van der Waals surface area contributed by atoms with E-state index in [1.807, 2.05) is 33.2 Å². The van der Waals surface area contributed by atoms with Crippen molar-refractivity contribution >= 4 is 17.9 Å². The zero-order valence-corrected chi connectivity index (χ0v) is 12.6. The molecule has 0 N–H and O–H groups in total. The number of carbonyl (C=O) groups is 1. The summed E-state index contributed by atoms with van der Waals surface area (Å²) in [7, 11) is 0. The Balaban J connectivity index is 2.10. The number of ether oxygens (including phenoxy) is 1. The third-order valence-electron chi connectivity index (χ3n) is 2.76. The van der Waals surface area contributed by atoms with Crippen LogP contribution in [0.15, 0.2) is 11.4 Å². The van der Waals surface area contributed by atoms with Gasteiger partial charge in [-0.1, -0.05) is 11.8 Å². The van der Waals surface area contributed by atoms with E-state index in [4.69, 9.17) is 4.74 Å². The number of aromatic nitrogens is 2. The van der Waals surface area contributed by atoms with Crippen LogP contribution in [0.4, 0.5) is 4.79 Å². The third kappa shape index (κ3) is 3.59. The Morgan fingerprint density at radius 2 is 2.21 bits per heavy atom. The first kappa shape index (κ1) is 14.1. The largest absolute Gasteiger partial charge is 0.444 e. The molecule has 0 saturated heterocycles. The number of fused-ring (bicyclic) bond motifs is 1. The number of thioether (sulfide) groups is 1. The lowest BCUT2D eigenvalue weighted by atomic mass is 10.1. The Morgan fingerprint density at radius 1 is 1.47 bits per heavy atom. The summed E-state index contributed by atoms with van der Waals surface area (Å²) in [5, 5.41) is 0.741. The average Bonchev–Trinajstić information content (AvgIpc) is 2.35. The molecule has 6 heteroatoms. The van der Waals surface area contributed by atoms with Gasteiger partial charge in [-0.05, 0) is 39.0 Å². The van der Waals surface area contributed by atoms with Crippen LogP contribution < -0.4 is 0 Å². The predicted molar refractivity (Wildman–Crippen MR) is 74.2 cm³/mol. The number of amides is 1. The highest BCUT2D eigenvalue weighted by molar-refractivity contribution is 7.98. The van der Waals surface area contributed by atoms with Crippen LogP contribution in [0.1, 0.15) is 32.0 Å². The number of nitrogens with zero attached hydrogens (tertiary/aromatic N) is 3. The van der Waals surface area contributed by atoms with Crippen molar-refractivity contribution in [1.82, 2.24) is 14.9 Å². The summed E-state index contributed by atoms with van der Waals surface area (Å²) in [4.78, 5) is 22.5.